The predicted molar refractivity (Wildman–Crippen MR) is 117 cm³/mol. The van der Waals surface area contributed by atoms with E-state index in [9.17, 15) is 4.79 Å². The van der Waals surface area contributed by atoms with Crippen LogP contribution in [-0.2, 0) is 0 Å². The van der Waals surface area contributed by atoms with Crippen LogP contribution >= 0.6 is 11.6 Å². The minimum absolute atomic E-state index is 0. The summed E-state index contributed by atoms with van der Waals surface area (Å²) in [6, 6.07) is 13.5. The molecule has 3 rings (SSSR count). The maximum absolute atomic E-state index is 11.0. The molecule has 3 aromatic rings. The molecule has 0 aliphatic heterocycles. The third-order valence-electron chi connectivity index (χ3n) is 3.87. The number of ether oxygens (including phenoxy) is 1. The second kappa shape index (κ2) is 10.5. The summed E-state index contributed by atoms with van der Waals surface area (Å²) in [7, 11) is 1.73. The number of nitrogens with one attached hydrogen (secondary N) is 2. The molecule has 0 amide bonds. The van der Waals surface area contributed by atoms with Crippen LogP contribution in [-0.4, -0.2) is 64.3 Å². The first-order chi connectivity index (χ1) is 13.5. The molecule has 9 heteroatoms. The molecule has 0 unspecified atom stereocenters. The Bertz CT molecular complexity index is 1000. The summed E-state index contributed by atoms with van der Waals surface area (Å²) in [4.78, 5) is 19.9. The topological polar surface area (TPSA) is 96.4 Å². The molecule has 0 saturated heterocycles. The van der Waals surface area contributed by atoms with Gasteiger partial charge in [0.15, 0.2) is 0 Å². The van der Waals surface area contributed by atoms with Crippen LogP contribution in [0.5, 0.6) is 5.75 Å². The normalized spacial score (nSPS) is 10.0. The van der Waals surface area contributed by atoms with Crippen molar-refractivity contribution in [2.45, 2.75) is 6.92 Å². The summed E-state index contributed by atoms with van der Waals surface area (Å²) >= 11 is 6.17. The molecule has 29 heavy (non-hydrogen) atoms. The number of nitrogens with zero attached hydrogens (tertiary/aromatic N) is 2. The first kappa shape index (κ1) is 23.0. The number of hydrogen-bond donors (Lipinski definition) is 3. The van der Waals surface area contributed by atoms with Crippen molar-refractivity contribution in [2.75, 3.05) is 24.3 Å². The quantitative estimate of drug-likeness (QED) is 0.494. The third-order valence-corrected chi connectivity index (χ3v) is 4.11. The van der Waals surface area contributed by atoms with Crippen LogP contribution in [0.4, 0.5) is 17.5 Å². The van der Waals surface area contributed by atoms with Gasteiger partial charge in [-0.1, -0.05) is 11.6 Å². The molecule has 0 bridgehead atoms. The van der Waals surface area contributed by atoms with Crippen molar-refractivity contribution in [1.82, 2.24) is 9.97 Å². The molecule has 3 N–H and O–H groups in total. The van der Waals surface area contributed by atoms with Gasteiger partial charge in [-0.15, -0.1) is 0 Å². The van der Waals surface area contributed by atoms with E-state index in [4.69, 9.17) is 21.4 Å². The van der Waals surface area contributed by atoms with Gasteiger partial charge in [0.25, 0.3) is 0 Å². The monoisotopic (exact) mass is 422 g/mol. The van der Waals surface area contributed by atoms with Crippen LogP contribution in [0.2, 0.25) is 5.02 Å². The van der Waals surface area contributed by atoms with Crippen LogP contribution in [0.3, 0.4) is 0 Å². The maximum atomic E-state index is 11.0. The Morgan fingerprint density at radius 1 is 1.14 bits per heavy atom. The zero-order chi connectivity index (χ0) is 20.1. The van der Waals surface area contributed by atoms with Gasteiger partial charge in [-0.2, -0.15) is 4.98 Å². The zero-order valence-electron chi connectivity index (χ0n) is 15.4. The van der Waals surface area contributed by atoms with Crippen LogP contribution in [0, 0.1) is 0 Å². The fourth-order valence-corrected chi connectivity index (χ4v) is 2.76. The van der Waals surface area contributed by atoms with Gasteiger partial charge >= 0.3 is 35.5 Å². The first-order valence-corrected chi connectivity index (χ1v) is 8.98. The average molecular weight is 423 g/mol. The molecule has 2 aromatic carbocycles. The van der Waals surface area contributed by atoms with Gasteiger partial charge < -0.3 is 20.5 Å². The van der Waals surface area contributed by atoms with Gasteiger partial charge in [-0.05, 0) is 49.4 Å². The van der Waals surface area contributed by atoms with Crippen LogP contribution in [0.1, 0.15) is 17.3 Å². The fraction of sp³-hybridized carbons (Fsp3) is 0.150. The Balaban J connectivity index is 0.00000300. The Labute approximate surface area is 195 Å². The Morgan fingerprint density at radius 2 is 1.86 bits per heavy atom. The average Bonchev–Trinajstić information content (AvgIpc) is 2.69. The number of hydrogen-bond acceptors (Lipinski definition) is 6. The van der Waals surface area contributed by atoms with E-state index in [-0.39, 0.29) is 35.1 Å². The van der Waals surface area contributed by atoms with E-state index >= 15 is 0 Å². The molecule has 0 radical (unpaired) electrons. The van der Waals surface area contributed by atoms with Crippen molar-refractivity contribution in [2.24, 2.45) is 0 Å². The van der Waals surface area contributed by atoms with Crippen LogP contribution < -0.4 is 15.4 Å². The van der Waals surface area contributed by atoms with Crippen LogP contribution in [0.25, 0.3) is 11.3 Å². The number of anilines is 3. The SMILES string of the molecule is CCOc1ccc(Cl)cc1-c1cc(Nc2ccc(C(=O)O)cc2)nc(NC)n1.[NaH]. The van der Waals surface area contributed by atoms with Gasteiger partial charge in [0.2, 0.25) is 5.95 Å². The van der Waals surface area contributed by atoms with Gasteiger partial charge in [-0.25, -0.2) is 9.78 Å². The standard InChI is InChI=1S/C20H19ClN4O3.Na.H/c1-3-28-17-9-6-13(21)10-15(17)16-11-18(25-20(22-2)24-16)23-14-7-4-12(5-8-14)19(26)27;;/h4-11H,3H2,1-2H3,(H,26,27)(H2,22,23,24,25);;. The molecule has 0 spiro atoms. The van der Waals surface area contributed by atoms with E-state index in [1.165, 1.54) is 12.1 Å². The molecule has 0 atom stereocenters. The second-order valence-electron chi connectivity index (χ2n) is 5.79. The van der Waals surface area contributed by atoms with E-state index in [0.29, 0.717) is 40.5 Å². The van der Waals surface area contributed by atoms with Crippen molar-refractivity contribution in [3.8, 4) is 17.0 Å². The summed E-state index contributed by atoms with van der Waals surface area (Å²) in [6.07, 6.45) is 0. The number of aromatic carboxylic acids is 1. The van der Waals surface area contributed by atoms with Gasteiger partial charge in [0, 0.05) is 29.4 Å². The molecular formula is C20H20ClN4NaO3. The van der Waals surface area contributed by atoms with Crippen LogP contribution in [0.15, 0.2) is 48.5 Å². The summed E-state index contributed by atoms with van der Waals surface area (Å²) in [6.45, 7) is 2.42. The molecule has 7 nitrogen and oxygen atoms in total. The number of benzene rings is 2. The van der Waals surface area contributed by atoms with Gasteiger partial charge in [0.1, 0.15) is 11.6 Å². The second-order valence-corrected chi connectivity index (χ2v) is 6.23. The summed E-state index contributed by atoms with van der Waals surface area (Å²) in [5.41, 5.74) is 2.30. The van der Waals surface area contributed by atoms with Crippen molar-refractivity contribution in [1.29, 1.82) is 0 Å². The number of carboxylic acid groups (broad SMARTS) is 1. The molecule has 146 valence electrons. The molecule has 0 saturated carbocycles. The summed E-state index contributed by atoms with van der Waals surface area (Å²) in [5, 5.41) is 15.7. The van der Waals surface area contributed by atoms with Gasteiger partial charge in [0.05, 0.1) is 17.9 Å². The molecular weight excluding hydrogens is 403 g/mol. The van der Waals surface area contributed by atoms with E-state index in [1.54, 1.807) is 43.4 Å². The van der Waals surface area contributed by atoms with Crippen molar-refractivity contribution in [3.63, 3.8) is 0 Å². The Hall–Kier alpha value is -2.32. The molecule has 1 aromatic heterocycles. The molecule has 0 fully saturated rings. The number of aromatic nitrogens is 2. The van der Waals surface area contributed by atoms with Crippen molar-refractivity contribution < 1.29 is 14.6 Å². The molecule has 0 aliphatic carbocycles. The summed E-state index contributed by atoms with van der Waals surface area (Å²) in [5.74, 6) is 0.659. The third kappa shape index (κ3) is 5.83. The number of rotatable bonds is 7. The zero-order valence-corrected chi connectivity index (χ0v) is 16.1. The predicted octanol–water partition coefficient (Wildman–Crippen LogP) is 4.03. The van der Waals surface area contributed by atoms with Gasteiger partial charge in [-0.3, -0.25) is 0 Å². The molecule has 1 heterocycles. The van der Waals surface area contributed by atoms with E-state index in [2.05, 4.69) is 20.6 Å². The number of carbonyl (C=O) groups is 1. The Morgan fingerprint density at radius 3 is 2.48 bits per heavy atom. The number of carboxylic acids is 1. The first-order valence-electron chi connectivity index (χ1n) is 8.60. The van der Waals surface area contributed by atoms with E-state index in [1.807, 2.05) is 6.92 Å². The number of halogens is 1. The van der Waals surface area contributed by atoms with E-state index < -0.39 is 5.97 Å². The molecule has 0 aliphatic rings. The van der Waals surface area contributed by atoms with Crippen molar-refractivity contribution in [3.05, 3.63) is 59.1 Å². The Kier molecular flexibility index (Phi) is 8.28. The minimum atomic E-state index is -0.974. The van der Waals surface area contributed by atoms with E-state index in [0.717, 1.165) is 5.56 Å². The summed E-state index contributed by atoms with van der Waals surface area (Å²) < 4.78 is 5.70. The fourth-order valence-electron chi connectivity index (χ4n) is 2.59. The van der Waals surface area contributed by atoms with Crippen molar-refractivity contribution >= 4 is 64.6 Å².